The van der Waals surface area contributed by atoms with Crippen LogP contribution in [0, 0.1) is 0 Å². The molecule has 2 aliphatic heterocycles. The van der Waals surface area contributed by atoms with Crippen LogP contribution in [0.1, 0.15) is 32.6 Å². The molecule has 0 radical (unpaired) electrons. The maximum absolute atomic E-state index is 9.99. The second kappa shape index (κ2) is 3.23. The molecule has 2 rings (SSSR count). The summed E-state index contributed by atoms with van der Waals surface area (Å²) in [5.74, 6) is 0. The lowest BCUT2D eigenvalue weighted by molar-refractivity contribution is -0.164. The summed E-state index contributed by atoms with van der Waals surface area (Å²) in [7, 11) is 0. The molecular weight excluding hydrogens is 166 g/mol. The molecule has 1 spiro atoms. The minimum Gasteiger partial charge on any atom is -0.390 e. The summed E-state index contributed by atoms with van der Waals surface area (Å²) in [5, 5.41) is 13.3. The number of aliphatic hydroxyl groups is 1. The van der Waals surface area contributed by atoms with Crippen molar-refractivity contribution in [1.82, 2.24) is 5.32 Å². The highest BCUT2D eigenvalue weighted by atomic mass is 16.5. The highest BCUT2D eigenvalue weighted by Crippen LogP contribution is 2.37. The fraction of sp³-hybridized carbons (Fsp3) is 1.00. The van der Waals surface area contributed by atoms with Crippen molar-refractivity contribution in [2.24, 2.45) is 0 Å². The van der Waals surface area contributed by atoms with Gasteiger partial charge in [0.1, 0.15) is 0 Å². The van der Waals surface area contributed by atoms with Crippen LogP contribution in [0.25, 0.3) is 0 Å². The summed E-state index contributed by atoms with van der Waals surface area (Å²) < 4.78 is 5.84. The van der Waals surface area contributed by atoms with E-state index in [-0.39, 0.29) is 5.60 Å². The van der Waals surface area contributed by atoms with E-state index in [0.29, 0.717) is 6.61 Å². The topological polar surface area (TPSA) is 41.5 Å². The van der Waals surface area contributed by atoms with Crippen LogP contribution in [0.4, 0.5) is 0 Å². The van der Waals surface area contributed by atoms with Gasteiger partial charge in [0.2, 0.25) is 0 Å². The summed E-state index contributed by atoms with van der Waals surface area (Å²) in [4.78, 5) is 0. The van der Waals surface area contributed by atoms with E-state index in [0.717, 1.165) is 38.8 Å². The molecule has 0 aliphatic carbocycles. The van der Waals surface area contributed by atoms with Gasteiger partial charge in [0, 0.05) is 6.42 Å². The fourth-order valence-corrected chi connectivity index (χ4v) is 2.52. The van der Waals surface area contributed by atoms with Crippen molar-refractivity contribution in [3.63, 3.8) is 0 Å². The number of piperidine rings is 1. The number of ether oxygens (including phenoxy) is 1. The summed E-state index contributed by atoms with van der Waals surface area (Å²) in [5.41, 5.74) is -0.525. The van der Waals surface area contributed by atoms with Crippen LogP contribution in [-0.4, -0.2) is 36.0 Å². The van der Waals surface area contributed by atoms with Gasteiger partial charge in [-0.15, -0.1) is 0 Å². The smallest absolute Gasteiger partial charge is 0.0734 e. The number of hydrogen-bond donors (Lipinski definition) is 2. The number of hydrogen-bond acceptors (Lipinski definition) is 3. The Labute approximate surface area is 79.5 Å². The monoisotopic (exact) mass is 185 g/mol. The predicted molar refractivity (Wildman–Crippen MR) is 50.6 cm³/mol. The van der Waals surface area contributed by atoms with Crippen molar-refractivity contribution < 1.29 is 9.84 Å². The van der Waals surface area contributed by atoms with E-state index in [1.165, 1.54) is 0 Å². The number of nitrogens with one attached hydrogen (secondary N) is 1. The van der Waals surface area contributed by atoms with Crippen LogP contribution in [0.15, 0.2) is 0 Å². The van der Waals surface area contributed by atoms with E-state index in [9.17, 15) is 5.11 Å². The molecule has 3 nitrogen and oxygen atoms in total. The van der Waals surface area contributed by atoms with Gasteiger partial charge in [0.05, 0.1) is 17.8 Å². The molecule has 76 valence electrons. The average Bonchev–Trinajstić information content (AvgIpc) is 2.03. The van der Waals surface area contributed by atoms with Crippen molar-refractivity contribution >= 4 is 0 Å². The van der Waals surface area contributed by atoms with Crippen LogP contribution in [0.5, 0.6) is 0 Å². The van der Waals surface area contributed by atoms with Gasteiger partial charge in [-0.05, 0) is 39.3 Å². The van der Waals surface area contributed by atoms with Crippen molar-refractivity contribution in [3.8, 4) is 0 Å². The van der Waals surface area contributed by atoms with Gasteiger partial charge in [-0.25, -0.2) is 0 Å². The second-order valence-corrected chi connectivity index (χ2v) is 4.71. The van der Waals surface area contributed by atoms with Crippen LogP contribution in [0.2, 0.25) is 0 Å². The van der Waals surface area contributed by atoms with Crippen LogP contribution >= 0.6 is 0 Å². The van der Waals surface area contributed by atoms with E-state index in [1.807, 2.05) is 6.92 Å². The zero-order valence-electron chi connectivity index (χ0n) is 8.31. The minimum absolute atomic E-state index is 0.0208. The molecule has 0 aromatic rings. The maximum atomic E-state index is 9.99. The van der Waals surface area contributed by atoms with Crippen molar-refractivity contribution in [2.75, 3.05) is 19.7 Å². The molecule has 2 heterocycles. The minimum atomic E-state index is -0.504. The van der Waals surface area contributed by atoms with E-state index >= 15 is 0 Å². The van der Waals surface area contributed by atoms with Gasteiger partial charge in [0.25, 0.3) is 0 Å². The van der Waals surface area contributed by atoms with Gasteiger partial charge < -0.3 is 15.2 Å². The normalized spacial score (nSPS) is 39.2. The lowest BCUT2D eigenvalue weighted by atomic mass is 9.78. The average molecular weight is 185 g/mol. The zero-order chi connectivity index (χ0) is 9.36. The Bertz CT molecular complexity index is 180. The maximum Gasteiger partial charge on any atom is 0.0734 e. The molecule has 0 aromatic heterocycles. The molecule has 1 atom stereocenters. The Morgan fingerprint density at radius 2 is 1.92 bits per heavy atom. The summed E-state index contributed by atoms with van der Waals surface area (Å²) >= 11 is 0. The molecule has 2 fully saturated rings. The summed E-state index contributed by atoms with van der Waals surface area (Å²) in [6, 6.07) is 0. The van der Waals surface area contributed by atoms with Crippen molar-refractivity contribution in [3.05, 3.63) is 0 Å². The van der Waals surface area contributed by atoms with Crippen LogP contribution < -0.4 is 5.32 Å². The molecule has 0 aromatic carbocycles. The molecule has 3 heteroatoms. The Morgan fingerprint density at radius 3 is 2.54 bits per heavy atom. The lowest BCUT2D eigenvalue weighted by Crippen LogP contribution is -2.52. The Kier molecular flexibility index (Phi) is 2.34. The Morgan fingerprint density at radius 1 is 1.23 bits per heavy atom. The molecule has 1 unspecified atom stereocenters. The first-order chi connectivity index (χ1) is 6.12. The van der Waals surface area contributed by atoms with Gasteiger partial charge in [-0.3, -0.25) is 0 Å². The predicted octanol–water partition coefficient (Wildman–Crippen LogP) is 0.670. The van der Waals surface area contributed by atoms with Crippen LogP contribution in [0.3, 0.4) is 0 Å². The molecular formula is C10H19NO2. The van der Waals surface area contributed by atoms with Crippen LogP contribution in [-0.2, 0) is 4.74 Å². The zero-order valence-corrected chi connectivity index (χ0v) is 8.31. The highest BCUT2D eigenvalue weighted by Gasteiger charge is 2.42. The summed E-state index contributed by atoms with van der Waals surface area (Å²) in [6.45, 7) is 4.69. The quantitative estimate of drug-likeness (QED) is 0.583. The Hall–Kier alpha value is -0.120. The standard InChI is InChI=1S/C10H19NO2/c1-9(12)4-7-13-10(8-9)2-5-11-6-3-10/h11-12H,2-8H2,1H3. The molecule has 2 saturated heterocycles. The van der Waals surface area contributed by atoms with Gasteiger partial charge >= 0.3 is 0 Å². The fourth-order valence-electron chi connectivity index (χ4n) is 2.52. The lowest BCUT2D eigenvalue weighted by Gasteiger charge is -2.46. The third-order valence-corrected chi connectivity index (χ3v) is 3.27. The Balaban J connectivity index is 2.04. The van der Waals surface area contributed by atoms with Gasteiger partial charge in [-0.2, -0.15) is 0 Å². The van der Waals surface area contributed by atoms with Gasteiger partial charge in [0.15, 0.2) is 0 Å². The van der Waals surface area contributed by atoms with Crippen molar-refractivity contribution in [2.45, 2.75) is 43.8 Å². The molecule has 2 N–H and O–H groups in total. The summed E-state index contributed by atoms with van der Waals surface area (Å²) in [6.07, 6.45) is 3.68. The van der Waals surface area contributed by atoms with E-state index in [1.54, 1.807) is 0 Å². The molecule has 2 aliphatic rings. The molecule has 0 amide bonds. The SMILES string of the molecule is CC1(O)CCOC2(CCNCC2)C1. The first-order valence-electron chi connectivity index (χ1n) is 5.19. The van der Waals surface area contributed by atoms with Crippen molar-refractivity contribution in [1.29, 1.82) is 0 Å². The van der Waals surface area contributed by atoms with Gasteiger partial charge in [-0.1, -0.05) is 0 Å². The second-order valence-electron chi connectivity index (χ2n) is 4.71. The molecule has 13 heavy (non-hydrogen) atoms. The third-order valence-electron chi connectivity index (χ3n) is 3.27. The molecule has 0 bridgehead atoms. The first-order valence-corrected chi connectivity index (χ1v) is 5.19. The largest absolute Gasteiger partial charge is 0.390 e. The third kappa shape index (κ3) is 2.03. The molecule has 0 saturated carbocycles. The van der Waals surface area contributed by atoms with E-state index < -0.39 is 5.60 Å². The highest BCUT2D eigenvalue weighted by molar-refractivity contribution is 4.95. The van der Waals surface area contributed by atoms with E-state index in [4.69, 9.17) is 4.74 Å². The first kappa shape index (κ1) is 9.44. The number of rotatable bonds is 0. The van der Waals surface area contributed by atoms with E-state index in [2.05, 4.69) is 5.32 Å².